The Kier molecular flexibility index (Phi) is 5.64. The molecular formula is C26H29N5O2. The largest absolute Gasteiger partial charge is 0.497 e. The Morgan fingerprint density at radius 1 is 1.06 bits per heavy atom. The van der Waals surface area contributed by atoms with Crippen molar-refractivity contribution in [2.24, 2.45) is 0 Å². The number of rotatable bonds is 7. The van der Waals surface area contributed by atoms with E-state index in [1.54, 1.807) is 14.2 Å². The fourth-order valence-electron chi connectivity index (χ4n) is 4.20. The van der Waals surface area contributed by atoms with Crippen molar-refractivity contribution in [2.45, 2.75) is 26.4 Å². The van der Waals surface area contributed by atoms with Crippen LogP contribution in [-0.2, 0) is 6.54 Å². The van der Waals surface area contributed by atoms with Gasteiger partial charge in [-0.25, -0.2) is 0 Å². The normalized spacial score (nSPS) is 13.7. The lowest BCUT2D eigenvalue weighted by Crippen LogP contribution is -2.43. The molecule has 170 valence electrons. The van der Waals surface area contributed by atoms with E-state index in [9.17, 15) is 0 Å². The predicted octanol–water partition coefficient (Wildman–Crippen LogP) is 4.24. The number of hydrogen-bond donors (Lipinski definition) is 1. The van der Waals surface area contributed by atoms with Crippen molar-refractivity contribution >= 4 is 0 Å². The second-order valence-electron chi connectivity index (χ2n) is 8.52. The molecule has 0 saturated carbocycles. The Bertz CT molecular complexity index is 1290. The number of ether oxygens (including phenoxy) is 2. The summed E-state index contributed by atoms with van der Waals surface area (Å²) in [6, 6.07) is 14.9. The zero-order chi connectivity index (χ0) is 22.9. The molecule has 7 heteroatoms. The van der Waals surface area contributed by atoms with Crippen LogP contribution in [0.25, 0.3) is 22.5 Å². The minimum atomic E-state index is 0.419. The maximum atomic E-state index is 5.65. The summed E-state index contributed by atoms with van der Waals surface area (Å²) in [5.74, 6) is 1.55. The first kappa shape index (κ1) is 21.3. The molecule has 0 radical (unpaired) electrons. The van der Waals surface area contributed by atoms with Crippen LogP contribution >= 0.6 is 0 Å². The van der Waals surface area contributed by atoms with Crippen LogP contribution in [0.5, 0.6) is 11.5 Å². The summed E-state index contributed by atoms with van der Waals surface area (Å²) in [6.07, 6.45) is 4.00. The molecule has 5 rings (SSSR count). The zero-order valence-electron chi connectivity index (χ0n) is 19.5. The van der Waals surface area contributed by atoms with Gasteiger partial charge in [0.25, 0.3) is 0 Å². The molecule has 1 fully saturated rings. The summed E-state index contributed by atoms with van der Waals surface area (Å²) in [7, 11) is 3.34. The smallest absolute Gasteiger partial charge is 0.127 e. The van der Waals surface area contributed by atoms with Crippen molar-refractivity contribution in [2.75, 3.05) is 27.3 Å². The standard InChI is InChI=1S/C26H29N5O2/c1-17-6-5-7-23(18(17)2)25-11-24(20-12-28-30(16-20)21-13-27-14-21)29-31(25)15-19-8-9-22(32-3)10-26(19)33-4/h5-12,16,21,27H,13-15H2,1-4H3. The highest BCUT2D eigenvalue weighted by Crippen LogP contribution is 2.32. The summed E-state index contributed by atoms with van der Waals surface area (Å²) in [5.41, 5.74) is 7.73. The molecule has 1 aliphatic rings. The maximum Gasteiger partial charge on any atom is 0.127 e. The van der Waals surface area contributed by atoms with Gasteiger partial charge in [-0.2, -0.15) is 10.2 Å². The molecule has 0 spiro atoms. The average Bonchev–Trinajstić information content (AvgIpc) is 3.42. The van der Waals surface area contributed by atoms with E-state index < -0.39 is 0 Å². The predicted molar refractivity (Wildman–Crippen MR) is 129 cm³/mol. The van der Waals surface area contributed by atoms with E-state index in [2.05, 4.69) is 59.4 Å². The number of nitrogens with zero attached hydrogens (tertiary/aromatic N) is 4. The molecule has 2 aromatic carbocycles. The molecule has 7 nitrogen and oxygen atoms in total. The number of benzene rings is 2. The van der Waals surface area contributed by atoms with Crippen molar-refractivity contribution in [3.05, 3.63) is 71.5 Å². The summed E-state index contributed by atoms with van der Waals surface area (Å²) >= 11 is 0. The number of nitrogens with one attached hydrogen (secondary N) is 1. The fourth-order valence-corrected chi connectivity index (χ4v) is 4.20. The van der Waals surface area contributed by atoms with Gasteiger partial charge >= 0.3 is 0 Å². The second-order valence-corrected chi connectivity index (χ2v) is 8.52. The van der Waals surface area contributed by atoms with Gasteiger partial charge in [0.1, 0.15) is 11.5 Å². The van der Waals surface area contributed by atoms with Gasteiger partial charge in [0, 0.05) is 42.0 Å². The van der Waals surface area contributed by atoms with Gasteiger partial charge in [-0.1, -0.05) is 18.2 Å². The van der Waals surface area contributed by atoms with Crippen LogP contribution in [0.15, 0.2) is 54.9 Å². The summed E-state index contributed by atoms with van der Waals surface area (Å²) in [6.45, 7) is 6.80. The van der Waals surface area contributed by atoms with E-state index in [0.29, 0.717) is 12.6 Å². The van der Waals surface area contributed by atoms with Crippen molar-refractivity contribution in [1.82, 2.24) is 24.9 Å². The van der Waals surface area contributed by atoms with Gasteiger partial charge < -0.3 is 14.8 Å². The highest BCUT2D eigenvalue weighted by molar-refractivity contribution is 5.71. The van der Waals surface area contributed by atoms with Crippen LogP contribution in [0, 0.1) is 13.8 Å². The lowest BCUT2D eigenvalue weighted by molar-refractivity contribution is 0.318. The number of aryl methyl sites for hydroxylation is 1. The lowest BCUT2D eigenvalue weighted by atomic mass is 10.0. The van der Waals surface area contributed by atoms with E-state index >= 15 is 0 Å². The molecule has 0 amide bonds. The Balaban J connectivity index is 1.58. The molecule has 4 aromatic rings. The molecule has 1 saturated heterocycles. The first-order valence-corrected chi connectivity index (χ1v) is 11.2. The highest BCUT2D eigenvalue weighted by Gasteiger charge is 2.21. The first-order chi connectivity index (χ1) is 16.1. The topological polar surface area (TPSA) is 66.1 Å². The van der Waals surface area contributed by atoms with E-state index in [4.69, 9.17) is 14.6 Å². The zero-order valence-corrected chi connectivity index (χ0v) is 19.5. The molecule has 0 aliphatic carbocycles. The van der Waals surface area contributed by atoms with Crippen molar-refractivity contribution in [3.63, 3.8) is 0 Å². The number of hydrogen-bond acceptors (Lipinski definition) is 5. The Morgan fingerprint density at radius 3 is 2.64 bits per heavy atom. The number of aromatic nitrogens is 4. The Morgan fingerprint density at radius 2 is 1.91 bits per heavy atom. The molecule has 1 N–H and O–H groups in total. The molecule has 0 bridgehead atoms. The molecule has 0 unspecified atom stereocenters. The summed E-state index contributed by atoms with van der Waals surface area (Å²) in [4.78, 5) is 0. The van der Waals surface area contributed by atoms with Crippen LogP contribution in [0.4, 0.5) is 0 Å². The average molecular weight is 444 g/mol. The van der Waals surface area contributed by atoms with Gasteiger partial charge in [-0.05, 0) is 43.2 Å². The summed E-state index contributed by atoms with van der Waals surface area (Å²) < 4.78 is 15.1. The quantitative estimate of drug-likeness (QED) is 0.463. The summed E-state index contributed by atoms with van der Waals surface area (Å²) in [5, 5.41) is 12.9. The first-order valence-electron chi connectivity index (χ1n) is 11.2. The van der Waals surface area contributed by atoms with Crippen LogP contribution in [0.3, 0.4) is 0 Å². The second kappa shape index (κ2) is 8.75. The minimum absolute atomic E-state index is 0.419. The molecule has 33 heavy (non-hydrogen) atoms. The van der Waals surface area contributed by atoms with Crippen LogP contribution in [-0.4, -0.2) is 46.9 Å². The van der Waals surface area contributed by atoms with Crippen LogP contribution in [0.2, 0.25) is 0 Å². The van der Waals surface area contributed by atoms with Crippen molar-refractivity contribution < 1.29 is 9.47 Å². The fraction of sp³-hybridized carbons (Fsp3) is 0.308. The Hall–Kier alpha value is -3.58. The van der Waals surface area contributed by atoms with Gasteiger partial charge in [-0.3, -0.25) is 9.36 Å². The van der Waals surface area contributed by atoms with Crippen molar-refractivity contribution in [3.8, 4) is 34.0 Å². The van der Waals surface area contributed by atoms with E-state index in [1.165, 1.54) is 16.7 Å². The Labute approximate surface area is 194 Å². The van der Waals surface area contributed by atoms with E-state index in [0.717, 1.165) is 47.1 Å². The minimum Gasteiger partial charge on any atom is -0.497 e. The third-order valence-corrected chi connectivity index (χ3v) is 6.51. The molecule has 1 aliphatic heterocycles. The number of methoxy groups -OCH3 is 2. The molecule has 2 aromatic heterocycles. The molecular weight excluding hydrogens is 414 g/mol. The van der Waals surface area contributed by atoms with Crippen LogP contribution < -0.4 is 14.8 Å². The lowest BCUT2D eigenvalue weighted by Gasteiger charge is -2.27. The van der Waals surface area contributed by atoms with E-state index in [-0.39, 0.29) is 0 Å². The highest BCUT2D eigenvalue weighted by atomic mass is 16.5. The molecule has 0 atom stereocenters. The third-order valence-electron chi connectivity index (χ3n) is 6.51. The van der Waals surface area contributed by atoms with Gasteiger partial charge in [0.15, 0.2) is 0 Å². The third kappa shape index (κ3) is 4.00. The molecule has 3 heterocycles. The maximum absolute atomic E-state index is 5.65. The van der Waals surface area contributed by atoms with Gasteiger partial charge in [0.2, 0.25) is 0 Å². The van der Waals surface area contributed by atoms with Crippen LogP contribution in [0.1, 0.15) is 22.7 Å². The van der Waals surface area contributed by atoms with Gasteiger partial charge in [0.05, 0.1) is 44.4 Å². The van der Waals surface area contributed by atoms with Crippen molar-refractivity contribution in [1.29, 1.82) is 0 Å². The monoisotopic (exact) mass is 443 g/mol. The SMILES string of the molecule is COc1ccc(Cn2nc(-c3cnn(C4CNC4)c3)cc2-c2cccc(C)c2C)c(OC)c1. The van der Waals surface area contributed by atoms with E-state index in [1.807, 2.05) is 29.1 Å². The van der Waals surface area contributed by atoms with Gasteiger partial charge in [-0.15, -0.1) is 0 Å².